The Labute approximate surface area is 126 Å². The van der Waals surface area contributed by atoms with Crippen LogP contribution in [0.2, 0.25) is 0 Å². The van der Waals surface area contributed by atoms with Crippen molar-refractivity contribution in [2.45, 2.75) is 19.6 Å². The van der Waals surface area contributed by atoms with E-state index < -0.39 is 0 Å². The number of hydrogen-bond donors (Lipinski definition) is 3. The van der Waals surface area contributed by atoms with Crippen LogP contribution < -0.4 is 0 Å². The summed E-state index contributed by atoms with van der Waals surface area (Å²) in [7, 11) is 5.56. The van der Waals surface area contributed by atoms with Gasteiger partial charge in [0, 0.05) is 19.6 Å². The fraction of sp³-hybridized carbons (Fsp3) is 0.600. The van der Waals surface area contributed by atoms with Gasteiger partial charge in [-0.2, -0.15) is 0 Å². The molecule has 1 aromatic carbocycles. The Morgan fingerprint density at radius 1 is 0.619 bits per heavy atom. The summed E-state index contributed by atoms with van der Waals surface area (Å²) in [5.74, 6) is 0. The molecule has 6 nitrogen and oxygen atoms in total. The topological polar surface area (TPSA) is 70.4 Å². The van der Waals surface area contributed by atoms with E-state index in [2.05, 4.69) is 18.2 Å². The molecule has 1 aromatic rings. The van der Waals surface area contributed by atoms with Crippen LogP contribution in [-0.4, -0.2) is 71.4 Å². The Hall–Kier alpha value is -1.02. The molecule has 0 aliphatic rings. The molecule has 0 aliphatic heterocycles. The van der Waals surface area contributed by atoms with Gasteiger partial charge in [-0.3, -0.25) is 14.7 Å². The minimum absolute atomic E-state index is 0.00659. The number of aliphatic hydroxyl groups is 3. The first-order valence-electron chi connectivity index (χ1n) is 6.98. The van der Waals surface area contributed by atoms with E-state index in [1.54, 1.807) is 0 Å². The molecule has 0 saturated carbocycles. The standard InChI is InChI=1S/C15H27N3O3/c1-16(10-19)7-13-4-14(8-17(2)11-20)6-15(5-13)9-18(3)12-21/h4-6,19-21H,7-12H2,1-3H3. The summed E-state index contributed by atoms with van der Waals surface area (Å²) in [4.78, 5) is 5.44. The number of hydrogen-bond acceptors (Lipinski definition) is 6. The molecule has 0 fully saturated rings. The summed E-state index contributed by atoms with van der Waals surface area (Å²) >= 11 is 0. The Bertz CT molecular complexity index is 354. The first-order chi connectivity index (χ1) is 9.98. The zero-order valence-corrected chi connectivity index (χ0v) is 13.2. The van der Waals surface area contributed by atoms with Gasteiger partial charge in [0.05, 0.1) is 20.2 Å². The van der Waals surface area contributed by atoms with Crippen LogP contribution in [0.3, 0.4) is 0 Å². The van der Waals surface area contributed by atoms with Gasteiger partial charge in [0.2, 0.25) is 0 Å². The van der Waals surface area contributed by atoms with E-state index in [0.717, 1.165) is 16.7 Å². The van der Waals surface area contributed by atoms with Gasteiger partial charge in [0.15, 0.2) is 0 Å². The highest BCUT2D eigenvalue weighted by atomic mass is 16.3. The van der Waals surface area contributed by atoms with Gasteiger partial charge in [0.25, 0.3) is 0 Å². The molecule has 0 spiro atoms. The molecule has 21 heavy (non-hydrogen) atoms. The lowest BCUT2D eigenvalue weighted by Crippen LogP contribution is -2.22. The third-order valence-electron chi connectivity index (χ3n) is 3.19. The van der Waals surface area contributed by atoms with Crippen LogP contribution in [0.5, 0.6) is 0 Å². The summed E-state index contributed by atoms with van der Waals surface area (Å²) in [5, 5.41) is 27.4. The highest BCUT2D eigenvalue weighted by Gasteiger charge is 2.07. The zero-order valence-electron chi connectivity index (χ0n) is 13.2. The second-order valence-electron chi connectivity index (χ2n) is 5.62. The fourth-order valence-electron chi connectivity index (χ4n) is 2.20. The average Bonchev–Trinajstić information content (AvgIpc) is 2.46. The van der Waals surface area contributed by atoms with E-state index in [1.165, 1.54) is 0 Å². The molecule has 0 aromatic heterocycles. The van der Waals surface area contributed by atoms with Crippen molar-refractivity contribution in [2.24, 2.45) is 0 Å². The number of benzene rings is 1. The predicted molar refractivity (Wildman–Crippen MR) is 82.1 cm³/mol. The predicted octanol–water partition coefficient (Wildman–Crippen LogP) is -0.169. The molecule has 0 amide bonds. The maximum atomic E-state index is 9.15. The first-order valence-corrected chi connectivity index (χ1v) is 6.98. The van der Waals surface area contributed by atoms with E-state index in [4.69, 9.17) is 15.3 Å². The van der Waals surface area contributed by atoms with Crippen LogP contribution in [0, 0.1) is 0 Å². The van der Waals surface area contributed by atoms with Crippen molar-refractivity contribution < 1.29 is 15.3 Å². The van der Waals surface area contributed by atoms with Crippen LogP contribution in [0.1, 0.15) is 16.7 Å². The highest BCUT2D eigenvalue weighted by Crippen LogP contribution is 2.15. The first kappa shape index (κ1) is 18.0. The maximum absolute atomic E-state index is 9.15. The minimum atomic E-state index is 0.00659. The molecule has 120 valence electrons. The van der Waals surface area contributed by atoms with Crippen molar-refractivity contribution in [3.05, 3.63) is 34.9 Å². The SMILES string of the molecule is CN(CO)Cc1cc(CN(C)CO)cc(CN(C)CO)c1. The quantitative estimate of drug-likeness (QED) is 0.550. The van der Waals surface area contributed by atoms with Gasteiger partial charge in [0.1, 0.15) is 0 Å². The monoisotopic (exact) mass is 297 g/mol. The van der Waals surface area contributed by atoms with Gasteiger partial charge < -0.3 is 15.3 Å². The van der Waals surface area contributed by atoms with E-state index in [1.807, 2.05) is 35.8 Å². The lowest BCUT2D eigenvalue weighted by molar-refractivity contribution is 0.123. The third-order valence-corrected chi connectivity index (χ3v) is 3.19. The second kappa shape index (κ2) is 9.09. The Balaban J connectivity index is 2.95. The summed E-state index contributed by atoms with van der Waals surface area (Å²) in [6, 6.07) is 6.25. The smallest absolute Gasteiger partial charge is 0.0956 e. The van der Waals surface area contributed by atoms with Crippen LogP contribution >= 0.6 is 0 Å². The molecule has 0 bridgehead atoms. The summed E-state index contributed by atoms with van der Waals surface area (Å²) < 4.78 is 0. The van der Waals surface area contributed by atoms with Crippen LogP contribution in [0.25, 0.3) is 0 Å². The van der Waals surface area contributed by atoms with E-state index in [0.29, 0.717) is 19.6 Å². The number of aliphatic hydroxyl groups excluding tert-OH is 3. The van der Waals surface area contributed by atoms with E-state index in [9.17, 15) is 0 Å². The van der Waals surface area contributed by atoms with Crippen LogP contribution in [0.4, 0.5) is 0 Å². The fourth-order valence-corrected chi connectivity index (χ4v) is 2.20. The molecule has 0 unspecified atom stereocenters. The van der Waals surface area contributed by atoms with Crippen molar-refractivity contribution in [1.29, 1.82) is 0 Å². The summed E-state index contributed by atoms with van der Waals surface area (Å²) in [6.45, 7) is 1.99. The average molecular weight is 297 g/mol. The Morgan fingerprint density at radius 2 is 0.857 bits per heavy atom. The zero-order chi connectivity index (χ0) is 15.8. The van der Waals surface area contributed by atoms with Gasteiger partial charge >= 0.3 is 0 Å². The molecule has 3 N–H and O–H groups in total. The second-order valence-corrected chi connectivity index (χ2v) is 5.62. The maximum Gasteiger partial charge on any atom is 0.0956 e. The summed E-state index contributed by atoms with van der Waals surface area (Å²) in [6.07, 6.45) is 0. The van der Waals surface area contributed by atoms with Gasteiger partial charge in [-0.05, 0) is 37.8 Å². The van der Waals surface area contributed by atoms with Crippen molar-refractivity contribution in [3.8, 4) is 0 Å². The van der Waals surface area contributed by atoms with Crippen molar-refractivity contribution in [2.75, 3.05) is 41.3 Å². The van der Waals surface area contributed by atoms with Crippen LogP contribution in [0.15, 0.2) is 18.2 Å². The van der Waals surface area contributed by atoms with E-state index in [-0.39, 0.29) is 20.2 Å². The van der Waals surface area contributed by atoms with Crippen molar-refractivity contribution >= 4 is 0 Å². The Morgan fingerprint density at radius 3 is 1.05 bits per heavy atom. The molecule has 0 radical (unpaired) electrons. The molecule has 0 heterocycles. The highest BCUT2D eigenvalue weighted by molar-refractivity contribution is 5.30. The molecular weight excluding hydrogens is 270 g/mol. The molecule has 0 saturated heterocycles. The minimum Gasteiger partial charge on any atom is -0.381 e. The molecule has 6 heteroatoms. The van der Waals surface area contributed by atoms with Crippen LogP contribution in [-0.2, 0) is 19.6 Å². The van der Waals surface area contributed by atoms with Gasteiger partial charge in [-0.25, -0.2) is 0 Å². The molecular formula is C15H27N3O3. The molecule has 0 aliphatic carbocycles. The Kier molecular flexibility index (Phi) is 7.81. The number of rotatable bonds is 9. The lowest BCUT2D eigenvalue weighted by Gasteiger charge is -2.19. The largest absolute Gasteiger partial charge is 0.381 e. The van der Waals surface area contributed by atoms with E-state index >= 15 is 0 Å². The number of nitrogens with zero attached hydrogens (tertiary/aromatic N) is 3. The molecule has 1 rings (SSSR count). The van der Waals surface area contributed by atoms with Gasteiger partial charge in [-0.15, -0.1) is 0 Å². The molecule has 0 atom stereocenters. The van der Waals surface area contributed by atoms with Crippen molar-refractivity contribution in [1.82, 2.24) is 14.7 Å². The lowest BCUT2D eigenvalue weighted by atomic mass is 10.0. The summed E-state index contributed by atoms with van der Waals surface area (Å²) in [5.41, 5.74) is 3.32. The van der Waals surface area contributed by atoms with Crippen molar-refractivity contribution in [3.63, 3.8) is 0 Å². The van der Waals surface area contributed by atoms with Gasteiger partial charge in [-0.1, -0.05) is 18.2 Å². The normalized spacial score (nSPS) is 11.9. The third kappa shape index (κ3) is 6.52.